The van der Waals surface area contributed by atoms with E-state index in [0.717, 1.165) is 56.4 Å². The van der Waals surface area contributed by atoms with Gasteiger partial charge in [0.15, 0.2) is 0 Å². The molecule has 174 valence electrons. The molecule has 0 radical (unpaired) electrons. The van der Waals surface area contributed by atoms with Crippen LogP contribution in [0.2, 0.25) is 0 Å². The predicted molar refractivity (Wildman–Crippen MR) is 124 cm³/mol. The molecule has 0 bridgehead atoms. The van der Waals surface area contributed by atoms with Crippen molar-refractivity contribution in [3.05, 3.63) is 29.3 Å². The number of carbonyl (C=O) groups is 3. The van der Waals surface area contributed by atoms with E-state index < -0.39 is 0 Å². The average Bonchev–Trinajstić information content (AvgIpc) is 3.10. The van der Waals surface area contributed by atoms with E-state index in [0.29, 0.717) is 12.1 Å². The number of imide groups is 1. The number of nitrogens with one attached hydrogen (secondary N) is 2. The van der Waals surface area contributed by atoms with Crippen LogP contribution in [0.3, 0.4) is 0 Å². The Morgan fingerprint density at radius 3 is 2.31 bits per heavy atom. The lowest BCUT2D eigenvalue weighted by Crippen LogP contribution is -2.48. The molecule has 0 spiro atoms. The fourth-order valence-corrected chi connectivity index (χ4v) is 5.42. The van der Waals surface area contributed by atoms with Crippen LogP contribution < -0.4 is 15.5 Å². The first-order valence-corrected chi connectivity index (χ1v) is 11.5. The van der Waals surface area contributed by atoms with Gasteiger partial charge in [-0.3, -0.25) is 24.6 Å². The molecule has 32 heavy (non-hydrogen) atoms. The predicted octanol–water partition coefficient (Wildman–Crippen LogP) is 0.991. The van der Waals surface area contributed by atoms with E-state index in [2.05, 4.69) is 26.5 Å². The molecule has 3 amide bonds. The number of carbonyl (C=O) groups excluding carboxylic acids is 3. The first-order valence-electron chi connectivity index (χ1n) is 11.5. The fourth-order valence-electron chi connectivity index (χ4n) is 5.42. The van der Waals surface area contributed by atoms with Gasteiger partial charge in [-0.15, -0.1) is 12.4 Å². The number of anilines is 1. The number of hydrogen-bond donors (Lipinski definition) is 2. The molecule has 9 heteroatoms. The zero-order chi connectivity index (χ0) is 21.4. The van der Waals surface area contributed by atoms with E-state index in [4.69, 9.17) is 0 Å². The zero-order valence-corrected chi connectivity index (χ0v) is 19.2. The highest BCUT2D eigenvalue weighted by molar-refractivity contribution is 6.02. The van der Waals surface area contributed by atoms with Gasteiger partial charge in [0.2, 0.25) is 11.8 Å². The molecule has 0 aromatic heterocycles. The summed E-state index contributed by atoms with van der Waals surface area (Å²) in [5.41, 5.74) is 2.86. The van der Waals surface area contributed by atoms with E-state index in [9.17, 15) is 14.4 Å². The normalized spacial score (nSPS) is 23.2. The summed E-state index contributed by atoms with van der Waals surface area (Å²) in [4.78, 5) is 43.1. The number of rotatable bonds is 4. The molecule has 0 atom stereocenters. The molecular formula is C23H32ClN5O3. The summed E-state index contributed by atoms with van der Waals surface area (Å²) < 4.78 is 0. The lowest BCUT2D eigenvalue weighted by atomic mass is 9.97. The number of halogens is 1. The van der Waals surface area contributed by atoms with Crippen molar-refractivity contribution in [2.75, 3.05) is 50.7 Å². The van der Waals surface area contributed by atoms with E-state index in [-0.39, 0.29) is 49.0 Å². The molecule has 0 saturated carbocycles. The molecule has 1 aromatic rings. The van der Waals surface area contributed by atoms with Crippen molar-refractivity contribution in [3.8, 4) is 0 Å². The second kappa shape index (κ2) is 9.77. The van der Waals surface area contributed by atoms with Gasteiger partial charge in [-0.1, -0.05) is 0 Å². The van der Waals surface area contributed by atoms with Crippen LogP contribution in [-0.2, 0) is 16.1 Å². The molecule has 4 aliphatic heterocycles. The largest absolute Gasteiger partial charge is 0.369 e. The van der Waals surface area contributed by atoms with Gasteiger partial charge >= 0.3 is 0 Å². The topological polar surface area (TPSA) is 85.0 Å². The van der Waals surface area contributed by atoms with Gasteiger partial charge in [-0.05, 0) is 55.6 Å². The van der Waals surface area contributed by atoms with E-state index in [1.165, 1.54) is 19.4 Å². The maximum absolute atomic E-state index is 12.9. The van der Waals surface area contributed by atoms with Crippen molar-refractivity contribution in [1.29, 1.82) is 0 Å². The van der Waals surface area contributed by atoms with Crippen molar-refractivity contribution in [1.82, 2.24) is 20.4 Å². The van der Waals surface area contributed by atoms with E-state index in [1.807, 2.05) is 12.1 Å². The second-order valence-corrected chi connectivity index (χ2v) is 9.29. The minimum absolute atomic E-state index is 0. The smallest absolute Gasteiger partial charge is 0.254 e. The van der Waals surface area contributed by atoms with Crippen LogP contribution in [0.15, 0.2) is 18.2 Å². The van der Waals surface area contributed by atoms with Crippen molar-refractivity contribution in [2.45, 2.75) is 38.3 Å². The third-order valence-electron chi connectivity index (χ3n) is 7.19. The Hall–Kier alpha value is -2.16. The molecule has 8 nitrogen and oxygen atoms in total. The third-order valence-corrected chi connectivity index (χ3v) is 7.19. The summed E-state index contributed by atoms with van der Waals surface area (Å²) in [5, 5.41) is 5.76. The quantitative estimate of drug-likeness (QED) is 0.650. The Morgan fingerprint density at radius 1 is 0.938 bits per heavy atom. The number of piperidine rings is 2. The van der Waals surface area contributed by atoms with Gasteiger partial charge < -0.3 is 15.1 Å². The highest BCUT2D eigenvalue weighted by Gasteiger charge is 2.37. The lowest BCUT2D eigenvalue weighted by molar-refractivity contribution is -0.135. The molecule has 0 aliphatic carbocycles. The minimum atomic E-state index is -0.344. The highest BCUT2D eigenvalue weighted by Crippen LogP contribution is 2.31. The Bertz CT molecular complexity index is 864. The maximum Gasteiger partial charge on any atom is 0.254 e. The Labute approximate surface area is 195 Å². The number of fused-ring (bicyclic) bond motifs is 1. The summed E-state index contributed by atoms with van der Waals surface area (Å²) in [6, 6.07) is 5.74. The molecule has 4 heterocycles. The second-order valence-electron chi connectivity index (χ2n) is 9.29. The number of nitrogens with zero attached hydrogens (tertiary/aromatic N) is 3. The van der Waals surface area contributed by atoms with Gasteiger partial charge in [-0.2, -0.15) is 0 Å². The number of benzene rings is 1. The zero-order valence-electron chi connectivity index (χ0n) is 18.3. The summed E-state index contributed by atoms with van der Waals surface area (Å²) in [7, 11) is 0. The number of hydrogen-bond acceptors (Lipinski definition) is 6. The standard InChI is InChI=1S/C23H31N5O3.ClH/c29-21-12-19(13-22(30)25-21)28-15-17-11-18(1-2-20(17)23(28)31)27-9-7-26(8-10-27)14-16-3-5-24-6-4-16;/h1-2,11,16,19,24H,3-10,12-15H2,(H,25,29,30);1H. The van der Waals surface area contributed by atoms with Crippen LogP contribution in [0.4, 0.5) is 5.69 Å². The van der Waals surface area contributed by atoms with Gasteiger partial charge in [0.1, 0.15) is 0 Å². The molecule has 3 saturated heterocycles. The summed E-state index contributed by atoms with van der Waals surface area (Å²) in [6.45, 7) is 8.12. The summed E-state index contributed by atoms with van der Waals surface area (Å²) in [6.07, 6.45) is 2.95. The van der Waals surface area contributed by atoms with Gasteiger partial charge in [0.25, 0.3) is 5.91 Å². The number of piperazine rings is 1. The lowest BCUT2D eigenvalue weighted by Gasteiger charge is -2.38. The van der Waals surface area contributed by atoms with Crippen LogP contribution in [-0.4, -0.2) is 79.4 Å². The van der Waals surface area contributed by atoms with E-state index >= 15 is 0 Å². The van der Waals surface area contributed by atoms with Gasteiger partial charge in [0.05, 0.1) is 0 Å². The molecular weight excluding hydrogens is 430 g/mol. The monoisotopic (exact) mass is 461 g/mol. The molecule has 3 fully saturated rings. The molecule has 4 aliphatic rings. The Morgan fingerprint density at radius 2 is 1.62 bits per heavy atom. The van der Waals surface area contributed by atoms with Crippen molar-refractivity contribution in [3.63, 3.8) is 0 Å². The van der Waals surface area contributed by atoms with Crippen LogP contribution in [0.5, 0.6) is 0 Å². The van der Waals surface area contributed by atoms with Crippen LogP contribution >= 0.6 is 12.4 Å². The number of amides is 3. The third kappa shape index (κ3) is 4.77. The molecule has 5 rings (SSSR count). The van der Waals surface area contributed by atoms with Crippen LogP contribution in [0.1, 0.15) is 41.6 Å². The Kier molecular flexibility index (Phi) is 7.02. The summed E-state index contributed by atoms with van der Waals surface area (Å²) >= 11 is 0. The highest BCUT2D eigenvalue weighted by atomic mass is 35.5. The minimum Gasteiger partial charge on any atom is -0.369 e. The van der Waals surface area contributed by atoms with Crippen molar-refractivity contribution in [2.24, 2.45) is 5.92 Å². The van der Waals surface area contributed by atoms with E-state index in [1.54, 1.807) is 4.90 Å². The fraction of sp³-hybridized carbons (Fsp3) is 0.609. The Balaban J connectivity index is 0.00000245. The van der Waals surface area contributed by atoms with Crippen LogP contribution in [0.25, 0.3) is 0 Å². The first kappa shape index (κ1) is 23.0. The van der Waals surface area contributed by atoms with Gasteiger partial charge in [0, 0.05) is 69.4 Å². The first-order chi connectivity index (χ1) is 15.1. The van der Waals surface area contributed by atoms with Gasteiger partial charge in [-0.25, -0.2) is 0 Å². The molecule has 1 aromatic carbocycles. The van der Waals surface area contributed by atoms with Crippen LogP contribution in [0, 0.1) is 5.92 Å². The SMILES string of the molecule is Cl.O=C1CC(N2Cc3cc(N4CCN(CC5CCNCC5)CC4)ccc3C2=O)CC(=O)N1. The average molecular weight is 462 g/mol. The molecule has 0 unspecified atom stereocenters. The molecule has 2 N–H and O–H groups in total. The maximum atomic E-state index is 12.9. The van der Waals surface area contributed by atoms with Crippen molar-refractivity contribution >= 4 is 35.8 Å². The summed E-state index contributed by atoms with van der Waals surface area (Å²) in [5.74, 6) is 0.153. The van der Waals surface area contributed by atoms with Crippen molar-refractivity contribution < 1.29 is 14.4 Å².